The van der Waals surface area contributed by atoms with Crippen LogP contribution in [-0.4, -0.2) is 14.5 Å². The summed E-state index contributed by atoms with van der Waals surface area (Å²) >= 11 is 0. The Hall–Kier alpha value is -6.61. The number of rotatable bonds is 4. The fourth-order valence-electron chi connectivity index (χ4n) is 8.58. The lowest BCUT2D eigenvalue weighted by molar-refractivity contribution is 0.592. The summed E-state index contributed by atoms with van der Waals surface area (Å²) < 4.78 is 18.5. The van der Waals surface area contributed by atoms with E-state index in [1.165, 1.54) is 5.56 Å². The van der Waals surface area contributed by atoms with E-state index in [0.717, 1.165) is 93.2 Å². The first-order valence-electron chi connectivity index (χ1n) is 17.9. The Labute approximate surface area is 306 Å². The number of hydrogen-bond acceptors (Lipinski definition) is 3. The van der Waals surface area contributed by atoms with Crippen LogP contribution in [-0.2, 0) is 4.57 Å². The first-order chi connectivity index (χ1) is 26.2. The molecule has 0 fully saturated rings. The summed E-state index contributed by atoms with van der Waals surface area (Å²) in [6.45, 7) is 0. The van der Waals surface area contributed by atoms with Gasteiger partial charge in [0, 0.05) is 38.6 Å². The van der Waals surface area contributed by atoms with Crippen LogP contribution in [0.1, 0.15) is 0 Å². The van der Waals surface area contributed by atoms with E-state index in [1.54, 1.807) is 0 Å². The average Bonchev–Trinajstić information content (AvgIpc) is 3.62. The predicted molar refractivity (Wildman–Crippen MR) is 221 cm³/mol. The molecule has 1 aliphatic heterocycles. The monoisotopic (exact) mass is 695 g/mol. The number of benzene rings is 8. The largest absolute Gasteiger partial charge is 0.308 e. The van der Waals surface area contributed by atoms with Gasteiger partial charge in [-0.3, -0.25) is 9.55 Å². The number of fused-ring (bicyclic) bond motifs is 5. The van der Waals surface area contributed by atoms with Crippen LogP contribution in [0.3, 0.4) is 0 Å². The summed E-state index contributed by atoms with van der Waals surface area (Å²) in [5.41, 5.74) is 9.04. The van der Waals surface area contributed by atoms with Gasteiger partial charge in [-0.25, -0.2) is 4.98 Å². The van der Waals surface area contributed by atoms with Crippen LogP contribution in [0.4, 0.5) is 0 Å². The Bertz CT molecular complexity index is 3090. The van der Waals surface area contributed by atoms with Crippen molar-refractivity contribution >= 4 is 66.5 Å². The van der Waals surface area contributed by atoms with Crippen molar-refractivity contribution in [2.75, 3.05) is 0 Å². The van der Waals surface area contributed by atoms with Gasteiger partial charge in [-0.15, -0.1) is 0 Å². The van der Waals surface area contributed by atoms with Crippen LogP contribution in [0.5, 0.6) is 0 Å². The topological polar surface area (TPSA) is 47.8 Å². The molecule has 8 aromatic carbocycles. The molecule has 0 aliphatic carbocycles. The summed E-state index contributed by atoms with van der Waals surface area (Å²) in [5.74, 6) is 0.838. The van der Waals surface area contributed by atoms with Crippen molar-refractivity contribution in [3.63, 3.8) is 0 Å². The van der Waals surface area contributed by atoms with E-state index in [4.69, 9.17) is 9.97 Å². The van der Waals surface area contributed by atoms with Crippen molar-refractivity contribution < 1.29 is 4.57 Å². The minimum absolute atomic E-state index is 0.812. The van der Waals surface area contributed by atoms with E-state index in [2.05, 4.69) is 108 Å². The van der Waals surface area contributed by atoms with E-state index in [-0.39, 0.29) is 0 Å². The minimum atomic E-state index is -3.36. The highest BCUT2D eigenvalue weighted by Crippen LogP contribution is 2.52. The molecule has 1 atom stereocenters. The molecule has 0 amide bonds. The van der Waals surface area contributed by atoms with Gasteiger partial charge in [0.05, 0.1) is 22.2 Å². The maximum atomic E-state index is 16.2. The quantitative estimate of drug-likeness (QED) is 0.136. The molecule has 5 heteroatoms. The van der Waals surface area contributed by atoms with Crippen LogP contribution >= 0.6 is 7.14 Å². The van der Waals surface area contributed by atoms with Crippen molar-refractivity contribution in [3.8, 4) is 39.3 Å². The zero-order valence-electron chi connectivity index (χ0n) is 28.5. The molecule has 2 aromatic heterocycles. The predicted octanol–water partition coefficient (Wildman–Crippen LogP) is 10.8. The molecule has 1 aliphatic rings. The zero-order chi connectivity index (χ0) is 35.1. The summed E-state index contributed by atoms with van der Waals surface area (Å²) in [6, 6.07) is 60.8. The second-order valence-corrected chi connectivity index (χ2v) is 16.4. The third kappa shape index (κ3) is 4.27. The fourth-order valence-corrected chi connectivity index (χ4v) is 11.6. The molecule has 248 valence electrons. The summed E-state index contributed by atoms with van der Waals surface area (Å²) in [6.07, 6.45) is 1.87. The highest BCUT2D eigenvalue weighted by atomic mass is 31.2. The van der Waals surface area contributed by atoms with Crippen molar-refractivity contribution in [1.82, 2.24) is 14.5 Å². The van der Waals surface area contributed by atoms with Crippen molar-refractivity contribution in [1.29, 1.82) is 0 Å². The van der Waals surface area contributed by atoms with Gasteiger partial charge in [0.2, 0.25) is 0 Å². The maximum absolute atomic E-state index is 16.2. The minimum Gasteiger partial charge on any atom is -0.308 e. The molecule has 0 N–H and O–H groups in total. The third-order valence-electron chi connectivity index (χ3n) is 10.8. The van der Waals surface area contributed by atoms with Gasteiger partial charge < -0.3 is 4.57 Å². The lowest BCUT2D eigenvalue weighted by Gasteiger charge is -2.30. The van der Waals surface area contributed by atoms with Gasteiger partial charge >= 0.3 is 0 Å². The lowest BCUT2D eigenvalue weighted by Crippen LogP contribution is -2.33. The van der Waals surface area contributed by atoms with E-state index in [1.807, 2.05) is 79.0 Å². The Kier molecular flexibility index (Phi) is 6.49. The number of imidazole rings is 1. The molecule has 3 heterocycles. The number of para-hydroxylation sites is 2. The molecule has 0 saturated heterocycles. The van der Waals surface area contributed by atoms with Crippen molar-refractivity contribution in [3.05, 3.63) is 182 Å². The molecule has 10 aromatic rings. The normalized spacial score (nSPS) is 14.9. The second kappa shape index (κ2) is 11.4. The van der Waals surface area contributed by atoms with Crippen LogP contribution in [0.2, 0.25) is 0 Å². The lowest BCUT2D eigenvalue weighted by atomic mass is 9.85. The standard InChI is InChI=1S/C48H30N3OP/c52-53(34-18-5-2-6-19-34)42-26-12-25-40-47(42)51(48(50-40)32-14-3-1-4-15-32)41-28-27-33(30-43(41)53)44-35-20-7-9-22-37(35)45(38-23-10-8-21-36(38)44)39-24-11-16-31-17-13-29-49-46(31)39/h1-30H. The van der Waals surface area contributed by atoms with Crippen LogP contribution in [0.25, 0.3) is 82.8 Å². The van der Waals surface area contributed by atoms with Crippen LogP contribution in [0, 0.1) is 0 Å². The second-order valence-electron chi connectivity index (χ2n) is 13.7. The Morgan fingerprint density at radius 3 is 1.89 bits per heavy atom. The van der Waals surface area contributed by atoms with Gasteiger partial charge in [-0.2, -0.15) is 0 Å². The maximum Gasteiger partial charge on any atom is 0.175 e. The average molecular weight is 696 g/mol. The molecule has 53 heavy (non-hydrogen) atoms. The number of pyridine rings is 1. The summed E-state index contributed by atoms with van der Waals surface area (Å²) in [5, 5.41) is 8.11. The number of aromatic nitrogens is 3. The molecule has 0 radical (unpaired) electrons. The number of nitrogens with zero attached hydrogens (tertiary/aromatic N) is 3. The van der Waals surface area contributed by atoms with Crippen LogP contribution in [0.15, 0.2) is 182 Å². The van der Waals surface area contributed by atoms with Gasteiger partial charge in [-0.1, -0.05) is 146 Å². The van der Waals surface area contributed by atoms with E-state index in [0.29, 0.717) is 0 Å². The van der Waals surface area contributed by atoms with Gasteiger partial charge in [0.15, 0.2) is 7.14 Å². The first kappa shape index (κ1) is 30.1. The van der Waals surface area contributed by atoms with Crippen LogP contribution < -0.4 is 15.9 Å². The molecular weight excluding hydrogens is 666 g/mol. The molecule has 0 saturated carbocycles. The molecular formula is C48H30N3OP. The Morgan fingerprint density at radius 1 is 0.509 bits per heavy atom. The number of hydrogen-bond donors (Lipinski definition) is 0. The van der Waals surface area contributed by atoms with Crippen molar-refractivity contribution in [2.45, 2.75) is 0 Å². The highest BCUT2D eigenvalue weighted by molar-refractivity contribution is 7.86. The Balaban J connectivity index is 1.25. The Morgan fingerprint density at radius 2 is 1.15 bits per heavy atom. The highest BCUT2D eigenvalue weighted by Gasteiger charge is 2.40. The molecule has 0 bridgehead atoms. The van der Waals surface area contributed by atoms with E-state index < -0.39 is 7.14 Å². The molecule has 4 nitrogen and oxygen atoms in total. The molecule has 0 spiro atoms. The van der Waals surface area contributed by atoms with E-state index >= 15 is 4.57 Å². The zero-order valence-corrected chi connectivity index (χ0v) is 29.4. The van der Waals surface area contributed by atoms with Gasteiger partial charge in [0.1, 0.15) is 5.82 Å². The molecule has 11 rings (SSSR count). The summed E-state index contributed by atoms with van der Waals surface area (Å²) in [4.78, 5) is 10.0. The fraction of sp³-hybridized carbons (Fsp3) is 0. The van der Waals surface area contributed by atoms with Crippen molar-refractivity contribution in [2.24, 2.45) is 0 Å². The third-order valence-corrected chi connectivity index (χ3v) is 13.9. The molecule has 1 unspecified atom stereocenters. The smallest absolute Gasteiger partial charge is 0.175 e. The summed E-state index contributed by atoms with van der Waals surface area (Å²) in [7, 11) is -3.36. The van der Waals surface area contributed by atoms with Gasteiger partial charge in [-0.05, 0) is 68.6 Å². The first-order valence-corrected chi connectivity index (χ1v) is 19.6. The van der Waals surface area contributed by atoms with E-state index in [9.17, 15) is 0 Å². The SMILES string of the molecule is O=P1(c2ccccc2)c2cc(-c3c4ccccc4c(-c4cccc5cccnc45)c4ccccc34)ccc2-n2c(-c3ccccc3)nc3cccc1c32. The van der Waals surface area contributed by atoms with Gasteiger partial charge in [0.25, 0.3) is 0 Å².